The van der Waals surface area contributed by atoms with Gasteiger partial charge in [-0.15, -0.1) is 0 Å². The molecule has 19 heavy (non-hydrogen) atoms. The quantitative estimate of drug-likeness (QED) is 0.887. The van der Waals surface area contributed by atoms with Crippen LogP contribution in [0.4, 0.5) is 5.69 Å². The van der Waals surface area contributed by atoms with E-state index < -0.39 is 9.84 Å². The molecule has 1 aromatic rings. The van der Waals surface area contributed by atoms with Gasteiger partial charge in [0.05, 0.1) is 11.5 Å². The third kappa shape index (κ3) is 2.92. The molecule has 1 aromatic carbocycles. The monoisotopic (exact) mass is 280 g/mol. The van der Waals surface area contributed by atoms with E-state index in [4.69, 9.17) is 0 Å². The molecule has 0 saturated carbocycles. The Hall–Kier alpha value is -1.07. The SMILES string of the molecule is O=S1(=O)CCC(NCCN2CCc3ccccc32)C1. The number of anilines is 1. The molecule has 0 aromatic heterocycles. The van der Waals surface area contributed by atoms with E-state index in [0.29, 0.717) is 11.5 Å². The van der Waals surface area contributed by atoms with E-state index in [2.05, 4.69) is 34.5 Å². The molecule has 4 nitrogen and oxygen atoms in total. The van der Waals surface area contributed by atoms with Crippen LogP contribution < -0.4 is 10.2 Å². The Morgan fingerprint density at radius 2 is 2.16 bits per heavy atom. The smallest absolute Gasteiger partial charge is 0.151 e. The molecule has 0 bridgehead atoms. The van der Waals surface area contributed by atoms with E-state index in [1.165, 1.54) is 11.3 Å². The topological polar surface area (TPSA) is 49.4 Å². The Kier molecular flexibility index (Phi) is 3.50. The van der Waals surface area contributed by atoms with Crippen molar-refractivity contribution in [1.82, 2.24) is 5.32 Å². The van der Waals surface area contributed by atoms with Crippen LogP contribution >= 0.6 is 0 Å². The maximum atomic E-state index is 11.4. The lowest BCUT2D eigenvalue weighted by Gasteiger charge is -2.20. The highest BCUT2D eigenvalue weighted by Gasteiger charge is 2.27. The number of rotatable bonds is 4. The van der Waals surface area contributed by atoms with Gasteiger partial charge in [0.2, 0.25) is 0 Å². The minimum absolute atomic E-state index is 0.155. The fourth-order valence-corrected chi connectivity index (χ4v) is 4.71. The number of nitrogens with one attached hydrogen (secondary N) is 1. The Labute approximate surface area is 114 Å². The maximum Gasteiger partial charge on any atom is 0.151 e. The van der Waals surface area contributed by atoms with E-state index in [1.54, 1.807) is 0 Å². The van der Waals surface area contributed by atoms with Gasteiger partial charge in [0.15, 0.2) is 9.84 Å². The summed E-state index contributed by atoms with van der Waals surface area (Å²) in [6.07, 6.45) is 1.88. The molecule has 1 N–H and O–H groups in total. The molecule has 5 heteroatoms. The van der Waals surface area contributed by atoms with Gasteiger partial charge in [0, 0.05) is 31.4 Å². The van der Waals surface area contributed by atoms with Gasteiger partial charge >= 0.3 is 0 Å². The summed E-state index contributed by atoms with van der Waals surface area (Å²) in [6.45, 7) is 2.88. The van der Waals surface area contributed by atoms with Gasteiger partial charge in [0.25, 0.3) is 0 Å². The van der Waals surface area contributed by atoms with Gasteiger partial charge in [-0.1, -0.05) is 18.2 Å². The molecule has 3 rings (SSSR count). The van der Waals surface area contributed by atoms with Crippen LogP contribution in [0, 0.1) is 0 Å². The molecule has 1 unspecified atom stereocenters. The number of hydrogen-bond donors (Lipinski definition) is 1. The third-order valence-electron chi connectivity index (χ3n) is 4.03. The van der Waals surface area contributed by atoms with Crippen molar-refractivity contribution in [3.63, 3.8) is 0 Å². The number of sulfone groups is 1. The summed E-state index contributed by atoms with van der Waals surface area (Å²) in [6, 6.07) is 8.68. The lowest BCUT2D eigenvalue weighted by Crippen LogP contribution is -2.37. The Balaban J connectivity index is 1.49. The summed E-state index contributed by atoms with van der Waals surface area (Å²) in [5.41, 5.74) is 2.76. The predicted octanol–water partition coefficient (Wildman–Crippen LogP) is 0.826. The predicted molar refractivity (Wildman–Crippen MR) is 77.4 cm³/mol. The average Bonchev–Trinajstić information content (AvgIpc) is 2.94. The van der Waals surface area contributed by atoms with Crippen LogP contribution in [0.2, 0.25) is 0 Å². The van der Waals surface area contributed by atoms with Crippen molar-refractivity contribution in [1.29, 1.82) is 0 Å². The molecule has 1 atom stereocenters. The van der Waals surface area contributed by atoms with E-state index in [1.807, 2.05) is 0 Å². The van der Waals surface area contributed by atoms with Gasteiger partial charge in [-0.05, 0) is 24.5 Å². The van der Waals surface area contributed by atoms with Crippen LogP contribution in [-0.4, -0.2) is 45.6 Å². The molecule has 0 radical (unpaired) electrons. The van der Waals surface area contributed by atoms with Crippen molar-refractivity contribution in [2.75, 3.05) is 36.0 Å². The number of nitrogens with zero attached hydrogens (tertiary/aromatic N) is 1. The van der Waals surface area contributed by atoms with Gasteiger partial charge in [-0.25, -0.2) is 8.42 Å². The summed E-state index contributed by atoms with van der Waals surface area (Å²) in [5, 5.41) is 3.37. The van der Waals surface area contributed by atoms with Gasteiger partial charge in [0.1, 0.15) is 0 Å². The second-order valence-electron chi connectivity index (χ2n) is 5.42. The van der Waals surface area contributed by atoms with Crippen LogP contribution in [0.15, 0.2) is 24.3 Å². The van der Waals surface area contributed by atoms with E-state index in [0.717, 1.165) is 32.5 Å². The second-order valence-corrected chi connectivity index (χ2v) is 7.65. The first-order valence-corrected chi connectivity index (χ1v) is 8.73. The lowest BCUT2D eigenvalue weighted by molar-refractivity contribution is 0.554. The highest BCUT2D eigenvalue weighted by atomic mass is 32.2. The fourth-order valence-electron chi connectivity index (χ4n) is 3.00. The fraction of sp³-hybridized carbons (Fsp3) is 0.571. The van der Waals surface area contributed by atoms with Crippen LogP contribution in [-0.2, 0) is 16.3 Å². The van der Waals surface area contributed by atoms with Crippen molar-refractivity contribution in [2.45, 2.75) is 18.9 Å². The van der Waals surface area contributed by atoms with Crippen molar-refractivity contribution in [3.8, 4) is 0 Å². The first-order valence-electron chi connectivity index (χ1n) is 6.91. The number of benzene rings is 1. The molecule has 2 aliphatic heterocycles. The zero-order valence-electron chi connectivity index (χ0n) is 11.0. The Bertz CT molecular complexity index is 556. The zero-order valence-corrected chi connectivity index (χ0v) is 11.8. The van der Waals surface area contributed by atoms with Crippen LogP contribution in [0.5, 0.6) is 0 Å². The standard InChI is InChI=1S/C14H20N2O2S/c17-19(18)10-6-13(11-19)15-7-9-16-8-5-12-3-1-2-4-14(12)16/h1-4,13,15H,5-11H2. The molecule has 1 saturated heterocycles. The summed E-state index contributed by atoms with van der Waals surface area (Å²) in [4.78, 5) is 2.38. The van der Waals surface area contributed by atoms with E-state index >= 15 is 0 Å². The molecule has 0 aliphatic carbocycles. The largest absolute Gasteiger partial charge is 0.370 e. The van der Waals surface area contributed by atoms with E-state index in [9.17, 15) is 8.42 Å². The molecule has 2 heterocycles. The maximum absolute atomic E-state index is 11.4. The lowest BCUT2D eigenvalue weighted by atomic mass is 10.2. The molecule has 0 spiro atoms. The highest BCUT2D eigenvalue weighted by Crippen LogP contribution is 2.26. The van der Waals surface area contributed by atoms with Crippen molar-refractivity contribution < 1.29 is 8.42 Å². The molecule has 2 aliphatic rings. The summed E-state index contributed by atoms with van der Waals surface area (Å²) in [5.74, 6) is 0.654. The number of hydrogen-bond acceptors (Lipinski definition) is 4. The molecular weight excluding hydrogens is 260 g/mol. The highest BCUT2D eigenvalue weighted by molar-refractivity contribution is 7.91. The summed E-state index contributed by atoms with van der Waals surface area (Å²) >= 11 is 0. The zero-order chi connectivity index (χ0) is 13.3. The van der Waals surface area contributed by atoms with Crippen molar-refractivity contribution in [2.24, 2.45) is 0 Å². The van der Waals surface area contributed by atoms with Crippen molar-refractivity contribution in [3.05, 3.63) is 29.8 Å². The molecule has 0 amide bonds. The van der Waals surface area contributed by atoms with Gasteiger partial charge in [-0.3, -0.25) is 0 Å². The van der Waals surface area contributed by atoms with Crippen LogP contribution in [0.25, 0.3) is 0 Å². The normalized spacial score (nSPS) is 24.6. The number of fused-ring (bicyclic) bond motifs is 1. The molecule has 104 valence electrons. The minimum atomic E-state index is -2.77. The van der Waals surface area contributed by atoms with Crippen LogP contribution in [0.1, 0.15) is 12.0 Å². The molecular formula is C14H20N2O2S. The minimum Gasteiger partial charge on any atom is -0.370 e. The first kappa shape index (κ1) is 12.9. The average molecular weight is 280 g/mol. The van der Waals surface area contributed by atoms with E-state index in [-0.39, 0.29) is 6.04 Å². The van der Waals surface area contributed by atoms with Gasteiger partial charge < -0.3 is 10.2 Å². The van der Waals surface area contributed by atoms with Gasteiger partial charge in [-0.2, -0.15) is 0 Å². The first-order chi connectivity index (χ1) is 9.14. The van der Waals surface area contributed by atoms with Crippen LogP contribution in [0.3, 0.4) is 0 Å². The number of para-hydroxylation sites is 1. The molecule has 1 fully saturated rings. The summed E-state index contributed by atoms with van der Waals surface area (Å²) < 4.78 is 22.7. The third-order valence-corrected chi connectivity index (χ3v) is 5.80. The second kappa shape index (κ2) is 5.13. The Morgan fingerprint density at radius 1 is 1.32 bits per heavy atom. The Morgan fingerprint density at radius 3 is 2.95 bits per heavy atom. The van der Waals surface area contributed by atoms with Crippen molar-refractivity contribution >= 4 is 15.5 Å². The summed E-state index contributed by atoms with van der Waals surface area (Å²) in [7, 11) is -2.77.